The molecule has 1 aliphatic rings. The Bertz CT molecular complexity index is 417. The lowest BCUT2D eigenvalue weighted by atomic mass is 10.1. The van der Waals surface area contributed by atoms with E-state index < -0.39 is 29.3 Å². The molecular weight excluding hydrogens is 260 g/mol. The van der Waals surface area contributed by atoms with Crippen LogP contribution in [0.3, 0.4) is 0 Å². The van der Waals surface area contributed by atoms with Crippen LogP contribution in [0.15, 0.2) is 0 Å². The number of hydrogen-bond acceptors (Lipinski definition) is 3. The lowest BCUT2D eigenvalue weighted by Crippen LogP contribution is -2.46. The molecule has 1 rings (SSSR count). The second-order valence-electron chi connectivity index (χ2n) is 6.48. The van der Waals surface area contributed by atoms with Crippen LogP contribution in [-0.2, 0) is 14.4 Å². The van der Waals surface area contributed by atoms with Gasteiger partial charge in [-0.3, -0.25) is 14.4 Å². The zero-order valence-corrected chi connectivity index (χ0v) is 12.7. The fourth-order valence-electron chi connectivity index (χ4n) is 2.41. The lowest BCUT2D eigenvalue weighted by Gasteiger charge is -2.15. The molecule has 3 N–H and O–H groups in total. The highest BCUT2D eigenvalue weighted by Gasteiger charge is 2.66. The molecule has 3 unspecified atom stereocenters. The van der Waals surface area contributed by atoms with Crippen LogP contribution in [0, 0.1) is 23.2 Å². The Hall–Kier alpha value is -1.59. The molecule has 1 aliphatic carbocycles. The fourth-order valence-corrected chi connectivity index (χ4v) is 2.41. The fraction of sp³-hybridized carbons (Fsp3) is 0.786. The number of nitrogens with one attached hydrogen (secondary N) is 2. The first-order chi connectivity index (χ1) is 9.09. The summed E-state index contributed by atoms with van der Waals surface area (Å²) in [4.78, 5) is 34.8. The van der Waals surface area contributed by atoms with E-state index in [-0.39, 0.29) is 11.8 Å². The topological polar surface area (TPSA) is 95.5 Å². The third-order valence-corrected chi connectivity index (χ3v) is 3.81. The third-order valence-electron chi connectivity index (χ3n) is 3.81. The second-order valence-corrected chi connectivity index (χ2v) is 6.48. The molecule has 1 saturated carbocycles. The quantitative estimate of drug-likeness (QED) is 0.666. The highest BCUT2D eigenvalue weighted by atomic mass is 16.4. The second kappa shape index (κ2) is 5.81. The smallest absolute Gasteiger partial charge is 0.307 e. The number of carbonyl (C=O) groups excluding carboxylic acids is 2. The number of carboxylic acid groups (broad SMARTS) is 1. The van der Waals surface area contributed by atoms with Crippen molar-refractivity contribution in [2.75, 3.05) is 6.54 Å². The van der Waals surface area contributed by atoms with Crippen LogP contribution < -0.4 is 10.6 Å². The van der Waals surface area contributed by atoms with E-state index in [0.29, 0.717) is 12.5 Å². The molecule has 0 aromatic carbocycles. The Morgan fingerprint density at radius 2 is 1.70 bits per heavy atom. The summed E-state index contributed by atoms with van der Waals surface area (Å²) < 4.78 is 0. The third kappa shape index (κ3) is 3.49. The SMILES string of the molecule is CC(C)CNC(=O)C(C)NC(=O)C1C(C(=O)O)C1(C)C. The number of rotatable bonds is 6. The summed E-state index contributed by atoms with van der Waals surface area (Å²) in [6.07, 6.45) is 0. The summed E-state index contributed by atoms with van der Waals surface area (Å²) in [6.45, 7) is 9.60. The molecule has 0 saturated heterocycles. The van der Waals surface area contributed by atoms with Gasteiger partial charge in [0.05, 0.1) is 11.8 Å². The van der Waals surface area contributed by atoms with E-state index in [1.54, 1.807) is 20.8 Å². The first-order valence-electron chi connectivity index (χ1n) is 6.90. The maximum Gasteiger partial charge on any atom is 0.307 e. The molecule has 0 aromatic rings. The Balaban J connectivity index is 2.51. The molecule has 3 atom stereocenters. The number of amides is 2. The van der Waals surface area contributed by atoms with Crippen molar-refractivity contribution in [3.05, 3.63) is 0 Å². The number of carboxylic acids is 1. The van der Waals surface area contributed by atoms with E-state index in [1.165, 1.54) is 0 Å². The lowest BCUT2D eigenvalue weighted by molar-refractivity contribution is -0.140. The predicted molar refractivity (Wildman–Crippen MR) is 73.8 cm³/mol. The standard InChI is InChI=1S/C14H24N2O4/c1-7(2)6-15-11(17)8(3)16-12(18)9-10(13(19)20)14(9,4)5/h7-10H,6H2,1-5H3,(H,15,17)(H,16,18)(H,19,20). The summed E-state index contributed by atoms with van der Waals surface area (Å²) in [5, 5.41) is 14.4. The molecule has 0 radical (unpaired) electrons. The normalized spacial score (nSPS) is 24.9. The van der Waals surface area contributed by atoms with Crippen molar-refractivity contribution in [3.8, 4) is 0 Å². The van der Waals surface area contributed by atoms with Crippen LogP contribution in [0.1, 0.15) is 34.6 Å². The van der Waals surface area contributed by atoms with Gasteiger partial charge < -0.3 is 15.7 Å². The molecule has 6 nitrogen and oxygen atoms in total. The monoisotopic (exact) mass is 284 g/mol. The molecule has 2 amide bonds. The van der Waals surface area contributed by atoms with Gasteiger partial charge in [0, 0.05) is 6.54 Å². The van der Waals surface area contributed by atoms with Gasteiger partial charge in [0.2, 0.25) is 11.8 Å². The highest BCUT2D eigenvalue weighted by Crippen LogP contribution is 2.58. The number of hydrogen-bond donors (Lipinski definition) is 3. The van der Waals surface area contributed by atoms with Gasteiger partial charge in [-0.25, -0.2) is 0 Å². The molecule has 0 bridgehead atoms. The van der Waals surface area contributed by atoms with E-state index >= 15 is 0 Å². The van der Waals surface area contributed by atoms with Crippen molar-refractivity contribution < 1.29 is 19.5 Å². The first-order valence-corrected chi connectivity index (χ1v) is 6.90. The van der Waals surface area contributed by atoms with Gasteiger partial charge >= 0.3 is 5.97 Å². The summed E-state index contributed by atoms with van der Waals surface area (Å²) in [7, 11) is 0. The largest absolute Gasteiger partial charge is 0.481 e. The van der Waals surface area contributed by atoms with E-state index in [4.69, 9.17) is 5.11 Å². The summed E-state index contributed by atoms with van der Waals surface area (Å²) in [5.74, 6) is -2.49. The van der Waals surface area contributed by atoms with Gasteiger partial charge in [-0.2, -0.15) is 0 Å². The first kappa shape index (κ1) is 16.5. The average Bonchev–Trinajstić information content (AvgIpc) is 2.89. The molecule has 0 spiro atoms. The van der Waals surface area contributed by atoms with Crippen LogP contribution in [0.4, 0.5) is 0 Å². The minimum atomic E-state index is -0.966. The van der Waals surface area contributed by atoms with Crippen molar-refractivity contribution in [1.29, 1.82) is 0 Å². The maximum atomic E-state index is 12.0. The number of carbonyl (C=O) groups is 3. The molecule has 0 heterocycles. The molecule has 20 heavy (non-hydrogen) atoms. The zero-order chi connectivity index (χ0) is 15.7. The Morgan fingerprint density at radius 1 is 1.15 bits per heavy atom. The Morgan fingerprint density at radius 3 is 2.10 bits per heavy atom. The van der Waals surface area contributed by atoms with Gasteiger partial charge in [0.25, 0.3) is 0 Å². The van der Waals surface area contributed by atoms with Crippen LogP contribution in [0.25, 0.3) is 0 Å². The maximum absolute atomic E-state index is 12.0. The molecular formula is C14H24N2O4. The van der Waals surface area contributed by atoms with Crippen molar-refractivity contribution in [2.24, 2.45) is 23.2 Å². The molecule has 6 heteroatoms. The average molecular weight is 284 g/mol. The van der Waals surface area contributed by atoms with Crippen molar-refractivity contribution in [1.82, 2.24) is 10.6 Å². The van der Waals surface area contributed by atoms with Crippen molar-refractivity contribution >= 4 is 17.8 Å². The summed E-state index contributed by atoms with van der Waals surface area (Å²) in [6, 6.07) is -0.660. The minimum Gasteiger partial charge on any atom is -0.481 e. The number of aliphatic carboxylic acids is 1. The van der Waals surface area contributed by atoms with Gasteiger partial charge in [-0.15, -0.1) is 0 Å². The van der Waals surface area contributed by atoms with Gasteiger partial charge in [0.15, 0.2) is 0 Å². The van der Waals surface area contributed by atoms with Crippen LogP contribution in [0.2, 0.25) is 0 Å². The van der Waals surface area contributed by atoms with E-state index in [1.807, 2.05) is 13.8 Å². The van der Waals surface area contributed by atoms with E-state index in [2.05, 4.69) is 10.6 Å². The molecule has 0 aromatic heterocycles. The van der Waals surface area contributed by atoms with E-state index in [0.717, 1.165) is 0 Å². The highest BCUT2D eigenvalue weighted by molar-refractivity contribution is 5.94. The Kier molecular flexibility index (Phi) is 4.78. The minimum absolute atomic E-state index is 0.252. The van der Waals surface area contributed by atoms with Crippen LogP contribution in [-0.4, -0.2) is 35.5 Å². The van der Waals surface area contributed by atoms with Crippen molar-refractivity contribution in [2.45, 2.75) is 40.7 Å². The molecule has 1 fully saturated rings. The summed E-state index contributed by atoms with van der Waals surface area (Å²) in [5.41, 5.74) is -0.552. The van der Waals surface area contributed by atoms with Gasteiger partial charge in [0.1, 0.15) is 6.04 Å². The van der Waals surface area contributed by atoms with Gasteiger partial charge in [-0.05, 0) is 18.3 Å². The zero-order valence-electron chi connectivity index (χ0n) is 12.7. The summed E-state index contributed by atoms with van der Waals surface area (Å²) >= 11 is 0. The predicted octanol–water partition coefficient (Wildman–Crippen LogP) is 0.620. The van der Waals surface area contributed by atoms with Gasteiger partial charge in [-0.1, -0.05) is 27.7 Å². The Labute approximate surface area is 119 Å². The van der Waals surface area contributed by atoms with Crippen LogP contribution in [0.5, 0.6) is 0 Å². The molecule has 0 aliphatic heterocycles. The van der Waals surface area contributed by atoms with E-state index in [9.17, 15) is 14.4 Å². The van der Waals surface area contributed by atoms with Crippen LogP contribution >= 0.6 is 0 Å². The molecule has 114 valence electrons. The van der Waals surface area contributed by atoms with Crippen molar-refractivity contribution in [3.63, 3.8) is 0 Å².